The van der Waals surface area contributed by atoms with Crippen molar-refractivity contribution < 1.29 is 9.53 Å². The van der Waals surface area contributed by atoms with Crippen molar-refractivity contribution in [2.45, 2.75) is 26.3 Å². The number of rotatable bonds is 2. The van der Waals surface area contributed by atoms with E-state index in [1.807, 2.05) is 4.57 Å². The third kappa shape index (κ3) is 1.50. The number of aromatic nitrogens is 4. The van der Waals surface area contributed by atoms with Gasteiger partial charge in [0.2, 0.25) is 5.28 Å². The topological polar surface area (TPSA) is 69.9 Å². The van der Waals surface area contributed by atoms with E-state index in [1.54, 1.807) is 6.33 Å². The summed E-state index contributed by atoms with van der Waals surface area (Å²) in [6.45, 7) is 4.45. The molecule has 2 aromatic rings. The van der Waals surface area contributed by atoms with Gasteiger partial charge in [0, 0.05) is 6.04 Å². The van der Waals surface area contributed by atoms with E-state index in [-0.39, 0.29) is 39.2 Å². The molecule has 0 aliphatic heterocycles. The molecule has 0 saturated heterocycles. The minimum absolute atomic E-state index is 0.0781. The van der Waals surface area contributed by atoms with Gasteiger partial charge in [0.1, 0.15) is 5.52 Å². The molecule has 5 rings (SSSR count). The molecule has 8 heteroatoms. The van der Waals surface area contributed by atoms with Crippen LogP contribution in [0.2, 0.25) is 10.4 Å². The van der Waals surface area contributed by atoms with E-state index in [0.717, 1.165) is 6.42 Å². The quantitative estimate of drug-likeness (QED) is 0.463. The summed E-state index contributed by atoms with van der Waals surface area (Å²) in [7, 11) is 1.48. The lowest BCUT2D eigenvalue weighted by atomic mass is 9.90. The van der Waals surface area contributed by atoms with Crippen molar-refractivity contribution in [3.05, 3.63) is 16.8 Å². The van der Waals surface area contributed by atoms with Crippen molar-refractivity contribution in [1.29, 1.82) is 0 Å². The molecule has 0 bridgehead atoms. The molecule has 126 valence electrons. The average molecular weight is 367 g/mol. The summed E-state index contributed by atoms with van der Waals surface area (Å²) in [5, 5.41) is 0.359. The van der Waals surface area contributed by atoms with Gasteiger partial charge in [-0.1, -0.05) is 25.4 Å². The van der Waals surface area contributed by atoms with Gasteiger partial charge in [-0.15, -0.1) is 0 Å². The number of methoxy groups -OCH3 is 1. The van der Waals surface area contributed by atoms with E-state index in [2.05, 4.69) is 28.8 Å². The fraction of sp³-hybridized carbons (Fsp3) is 0.625. The lowest BCUT2D eigenvalue weighted by Gasteiger charge is -2.22. The maximum absolute atomic E-state index is 12.5. The Morgan fingerprint density at radius 2 is 2.12 bits per heavy atom. The van der Waals surface area contributed by atoms with Crippen molar-refractivity contribution in [2.24, 2.45) is 28.6 Å². The zero-order chi connectivity index (χ0) is 17.0. The molecule has 5 atom stereocenters. The summed E-state index contributed by atoms with van der Waals surface area (Å²) >= 11 is 12.1. The number of fused-ring (bicyclic) bond motifs is 4. The second kappa shape index (κ2) is 4.22. The normalized spacial score (nSPS) is 37.9. The van der Waals surface area contributed by atoms with E-state index < -0.39 is 0 Å². The summed E-state index contributed by atoms with van der Waals surface area (Å²) in [6, 6.07) is 0.163. The predicted molar refractivity (Wildman–Crippen MR) is 87.7 cm³/mol. The molecular weight excluding hydrogens is 351 g/mol. The highest BCUT2D eigenvalue weighted by Crippen LogP contribution is 2.88. The molecule has 0 radical (unpaired) electrons. The van der Waals surface area contributed by atoms with Gasteiger partial charge in [-0.3, -0.25) is 4.79 Å². The summed E-state index contributed by atoms with van der Waals surface area (Å²) in [6.07, 6.45) is 2.62. The number of nitrogens with zero attached hydrogens (tertiary/aromatic N) is 4. The first-order valence-corrected chi connectivity index (χ1v) is 8.73. The molecule has 2 aromatic heterocycles. The van der Waals surface area contributed by atoms with Crippen molar-refractivity contribution in [3.8, 4) is 0 Å². The predicted octanol–water partition coefficient (Wildman–Crippen LogP) is 3.14. The van der Waals surface area contributed by atoms with Crippen LogP contribution in [0.3, 0.4) is 0 Å². The van der Waals surface area contributed by atoms with Crippen molar-refractivity contribution in [1.82, 2.24) is 19.5 Å². The SMILES string of the molecule is COC(=O)[C@]12C[C@@H]1[C@H](n1cnc3c(Cl)nc(Cl)nc31)[C@H]1[C@@H]2C1(C)C. The molecule has 3 saturated carbocycles. The van der Waals surface area contributed by atoms with Crippen molar-refractivity contribution >= 4 is 40.3 Å². The lowest BCUT2D eigenvalue weighted by Crippen LogP contribution is -2.25. The van der Waals surface area contributed by atoms with Gasteiger partial charge in [-0.05, 0) is 41.2 Å². The largest absolute Gasteiger partial charge is 0.469 e. The Balaban J connectivity index is 1.66. The Morgan fingerprint density at radius 3 is 2.83 bits per heavy atom. The monoisotopic (exact) mass is 366 g/mol. The Labute approximate surface area is 148 Å². The van der Waals surface area contributed by atoms with Crippen LogP contribution in [0.4, 0.5) is 0 Å². The molecule has 0 aromatic carbocycles. The third-order valence-electron chi connectivity index (χ3n) is 6.54. The van der Waals surface area contributed by atoms with Gasteiger partial charge < -0.3 is 9.30 Å². The smallest absolute Gasteiger partial charge is 0.312 e. The summed E-state index contributed by atoms with van der Waals surface area (Å²) in [5.74, 6) is 0.932. The van der Waals surface area contributed by atoms with E-state index in [1.165, 1.54) is 7.11 Å². The van der Waals surface area contributed by atoms with E-state index in [0.29, 0.717) is 23.0 Å². The molecule has 3 aliphatic carbocycles. The molecule has 0 spiro atoms. The highest BCUT2D eigenvalue weighted by Gasteiger charge is 2.87. The number of hydrogen-bond donors (Lipinski definition) is 0. The molecule has 2 heterocycles. The maximum Gasteiger partial charge on any atom is 0.312 e. The maximum atomic E-state index is 12.5. The van der Waals surface area contributed by atoms with Crippen LogP contribution >= 0.6 is 23.2 Å². The van der Waals surface area contributed by atoms with Crippen LogP contribution in [0.1, 0.15) is 26.3 Å². The second-order valence-corrected chi connectivity index (χ2v) is 8.46. The first-order valence-electron chi connectivity index (χ1n) is 7.98. The van der Waals surface area contributed by atoms with Crippen LogP contribution in [0.15, 0.2) is 6.33 Å². The minimum Gasteiger partial charge on any atom is -0.469 e. The van der Waals surface area contributed by atoms with Crippen LogP contribution in [0.5, 0.6) is 0 Å². The summed E-state index contributed by atoms with van der Waals surface area (Å²) in [5.41, 5.74) is 0.944. The number of imidazole rings is 1. The molecule has 0 N–H and O–H groups in total. The minimum atomic E-state index is -0.342. The number of carbonyl (C=O) groups excluding carboxylic acids is 1. The van der Waals surface area contributed by atoms with Crippen LogP contribution < -0.4 is 0 Å². The highest BCUT2D eigenvalue weighted by atomic mass is 35.5. The van der Waals surface area contributed by atoms with E-state index >= 15 is 0 Å². The Morgan fingerprint density at radius 1 is 1.38 bits per heavy atom. The Kier molecular flexibility index (Phi) is 2.62. The van der Waals surface area contributed by atoms with Gasteiger partial charge in [-0.2, -0.15) is 4.98 Å². The fourth-order valence-electron chi connectivity index (χ4n) is 5.63. The first kappa shape index (κ1) is 14.9. The number of esters is 1. The second-order valence-electron chi connectivity index (χ2n) is 7.77. The molecule has 0 amide bonds. The van der Waals surface area contributed by atoms with Crippen LogP contribution in [-0.4, -0.2) is 32.6 Å². The number of carbonyl (C=O) groups is 1. The number of halogens is 2. The summed E-state index contributed by atoms with van der Waals surface area (Å²) in [4.78, 5) is 25.1. The van der Waals surface area contributed by atoms with Gasteiger partial charge in [-0.25, -0.2) is 9.97 Å². The Bertz CT molecular complexity index is 911. The van der Waals surface area contributed by atoms with Crippen LogP contribution in [-0.2, 0) is 9.53 Å². The highest BCUT2D eigenvalue weighted by molar-refractivity contribution is 6.35. The zero-order valence-corrected chi connectivity index (χ0v) is 15.0. The Hall–Kier alpha value is -1.40. The molecule has 0 unspecified atom stereocenters. The molecule has 6 nitrogen and oxygen atoms in total. The van der Waals surface area contributed by atoms with Crippen molar-refractivity contribution in [3.63, 3.8) is 0 Å². The number of ether oxygens (including phenoxy) is 1. The lowest BCUT2D eigenvalue weighted by molar-refractivity contribution is -0.148. The van der Waals surface area contributed by atoms with Gasteiger partial charge in [0.15, 0.2) is 10.8 Å². The van der Waals surface area contributed by atoms with E-state index in [4.69, 9.17) is 27.9 Å². The summed E-state index contributed by atoms with van der Waals surface area (Å²) < 4.78 is 7.17. The number of hydrogen-bond acceptors (Lipinski definition) is 5. The van der Waals surface area contributed by atoms with Gasteiger partial charge >= 0.3 is 5.97 Å². The average Bonchev–Trinajstić information content (AvgIpc) is 3.24. The third-order valence-corrected chi connectivity index (χ3v) is 6.98. The standard InChI is InChI=1S/C16H16Cl2N4O2/c1-15(2)7-9(6-4-16(6,10(7)15)13(23)24-3)22-5-19-8-11(17)20-14(18)21-12(8)22/h5-7,9-10H,4H2,1-3H3/t6-,7+,9+,10-,16-/m1/s1. The zero-order valence-electron chi connectivity index (χ0n) is 13.5. The van der Waals surface area contributed by atoms with E-state index in [9.17, 15) is 4.79 Å². The van der Waals surface area contributed by atoms with Gasteiger partial charge in [0.25, 0.3) is 0 Å². The molecule has 3 aliphatic rings. The van der Waals surface area contributed by atoms with Crippen LogP contribution in [0, 0.1) is 28.6 Å². The molecular formula is C16H16Cl2N4O2. The fourth-order valence-corrected chi connectivity index (χ4v) is 6.05. The van der Waals surface area contributed by atoms with Crippen LogP contribution in [0.25, 0.3) is 11.2 Å². The first-order chi connectivity index (χ1) is 11.3. The van der Waals surface area contributed by atoms with Crippen molar-refractivity contribution in [2.75, 3.05) is 7.11 Å². The molecule has 3 fully saturated rings. The molecule has 24 heavy (non-hydrogen) atoms. The van der Waals surface area contributed by atoms with Gasteiger partial charge in [0.05, 0.1) is 18.9 Å².